The Kier molecular flexibility index (Phi) is 3.24. The molecule has 0 N–H and O–H groups in total. The molecule has 0 amide bonds. The first-order chi connectivity index (χ1) is 6.57. The van der Waals surface area contributed by atoms with Gasteiger partial charge in [-0.25, -0.2) is 0 Å². The smallest absolute Gasteiger partial charge is 0.274 e. The fourth-order valence-corrected chi connectivity index (χ4v) is 1.64. The van der Waals surface area contributed by atoms with Crippen molar-refractivity contribution in [3.63, 3.8) is 0 Å². The third kappa shape index (κ3) is 1.93. The Morgan fingerprint density at radius 1 is 1.57 bits per heavy atom. The molecule has 0 spiro atoms. The molecule has 4 nitrogen and oxygen atoms in total. The maximum Gasteiger partial charge on any atom is 0.274 e. The number of nitro groups is 1. The van der Waals surface area contributed by atoms with Crippen molar-refractivity contribution < 1.29 is 9.72 Å². The average molecular weight is 211 g/mol. The van der Waals surface area contributed by atoms with Crippen molar-refractivity contribution >= 4 is 24.6 Å². The molecule has 1 rings (SSSR count). The van der Waals surface area contributed by atoms with Gasteiger partial charge in [-0.2, -0.15) is 0 Å². The van der Waals surface area contributed by atoms with E-state index in [9.17, 15) is 14.9 Å². The minimum absolute atomic E-state index is 0.0582. The summed E-state index contributed by atoms with van der Waals surface area (Å²) in [5, 5.41) is 10.7. The van der Waals surface area contributed by atoms with Gasteiger partial charge in [0.1, 0.15) is 6.29 Å². The highest BCUT2D eigenvalue weighted by Gasteiger charge is 2.20. The molecule has 0 bridgehead atoms. The van der Waals surface area contributed by atoms with Gasteiger partial charge in [-0.1, -0.05) is 13.0 Å². The first-order valence-corrected chi connectivity index (χ1v) is 4.44. The summed E-state index contributed by atoms with van der Waals surface area (Å²) >= 11 is 4.09. The summed E-state index contributed by atoms with van der Waals surface area (Å²) in [7, 11) is 0. The number of carbonyl (C=O) groups excluding carboxylic acids is 1. The van der Waals surface area contributed by atoms with Crippen LogP contribution in [-0.2, 0) is 4.79 Å². The minimum atomic E-state index is -0.510. The summed E-state index contributed by atoms with van der Waals surface area (Å²) in [4.78, 5) is 21.2. The Balaban J connectivity index is 3.36. The van der Waals surface area contributed by atoms with E-state index in [0.717, 1.165) is 0 Å². The number of benzene rings is 1. The van der Waals surface area contributed by atoms with Gasteiger partial charge in [0.05, 0.1) is 10.5 Å². The number of hydrogen-bond donors (Lipinski definition) is 1. The predicted octanol–water partition coefficient (Wildman–Crippen LogP) is 2.19. The van der Waals surface area contributed by atoms with Crippen LogP contribution in [0.4, 0.5) is 5.69 Å². The molecule has 1 aromatic carbocycles. The zero-order chi connectivity index (χ0) is 10.7. The molecule has 0 aliphatic rings. The van der Waals surface area contributed by atoms with Crippen molar-refractivity contribution in [1.82, 2.24) is 0 Å². The van der Waals surface area contributed by atoms with Gasteiger partial charge in [-0.3, -0.25) is 10.1 Å². The largest absolute Gasteiger partial charge is 0.303 e. The van der Waals surface area contributed by atoms with Gasteiger partial charge in [-0.15, -0.1) is 12.6 Å². The first kappa shape index (κ1) is 10.7. The number of carbonyl (C=O) groups is 1. The lowest BCUT2D eigenvalue weighted by Crippen LogP contribution is -2.01. The van der Waals surface area contributed by atoms with Crippen LogP contribution in [0, 0.1) is 10.1 Å². The topological polar surface area (TPSA) is 60.2 Å². The highest BCUT2D eigenvalue weighted by molar-refractivity contribution is 7.80. The van der Waals surface area contributed by atoms with E-state index in [1.807, 2.05) is 0 Å². The summed E-state index contributed by atoms with van der Waals surface area (Å²) in [6, 6.07) is 4.54. The summed E-state index contributed by atoms with van der Waals surface area (Å²) in [5.41, 5.74) is 0.313. The van der Waals surface area contributed by atoms with Gasteiger partial charge in [-0.05, 0) is 6.07 Å². The molecular formula is C9H9NO3S. The Bertz CT molecular complexity index is 378. The Morgan fingerprint density at radius 2 is 2.21 bits per heavy atom. The van der Waals surface area contributed by atoms with Gasteiger partial charge in [0, 0.05) is 16.9 Å². The summed E-state index contributed by atoms with van der Waals surface area (Å²) in [6.07, 6.45) is 0.669. The molecule has 0 aliphatic carbocycles. The zero-order valence-electron chi connectivity index (χ0n) is 7.51. The molecule has 0 aliphatic heterocycles. The van der Waals surface area contributed by atoms with E-state index in [2.05, 4.69) is 12.6 Å². The van der Waals surface area contributed by atoms with E-state index in [1.165, 1.54) is 6.07 Å². The second-order valence-electron chi connectivity index (χ2n) is 2.89. The van der Waals surface area contributed by atoms with Crippen molar-refractivity contribution in [2.75, 3.05) is 0 Å². The van der Waals surface area contributed by atoms with Gasteiger partial charge in [0.15, 0.2) is 0 Å². The lowest BCUT2D eigenvalue weighted by atomic mass is 10.0. The summed E-state index contributed by atoms with van der Waals surface area (Å²) in [5.74, 6) is -0.510. The molecule has 0 fully saturated rings. The lowest BCUT2D eigenvalue weighted by molar-refractivity contribution is -0.385. The number of nitrogens with zero attached hydrogens (tertiary/aromatic N) is 1. The molecule has 1 atom stereocenters. The van der Waals surface area contributed by atoms with E-state index >= 15 is 0 Å². The van der Waals surface area contributed by atoms with Crippen LogP contribution < -0.4 is 0 Å². The van der Waals surface area contributed by atoms with Gasteiger partial charge in [0.2, 0.25) is 0 Å². The van der Waals surface area contributed by atoms with Crippen LogP contribution in [0.25, 0.3) is 0 Å². The Morgan fingerprint density at radius 3 is 2.71 bits per heavy atom. The van der Waals surface area contributed by atoms with E-state index < -0.39 is 10.8 Å². The maximum absolute atomic E-state index is 10.7. The zero-order valence-corrected chi connectivity index (χ0v) is 8.40. The average Bonchev–Trinajstić information content (AvgIpc) is 2.16. The molecule has 0 saturated heterocycles. The fourth-order valence-electron chi connectivity index (χ4n) is 1.23. The second kappa shape index (κ2) is 4.23. The highest BCUT2D eigenvalue weighted by Crippen LogP contribution is 2.30. The van der Waals surface area contributed by atoms with Crippen LogP contribution in [0.3, 0.4) is 0 Å². The van der Waals surface area contributed by atoms with Crippen LogP contribution >= 0.6 is 12.6 Å². The molecular weight excluding hydrogens is 202 g/mol. The van der Waals surface area contributed by atoms with Gasteiger partial charge >= 0.3 is 0 Å². The van der Waals surface area contributed by atoms with Crippen LogP contribution in [0.2, 0.25) is 0 Å². The minimum Gasteiger partial charge on any atom is -0.303 e. The molecule has 0 saturated carbocycles. The monoisotopic (exact) mass is 211 g/mol. The number of rotatable bonds is 3. The maximum atomic E-state index is 10.7. The van der Waals surface area contributed by atoms with Crippen molar-refractivity contribution in [1.29, 1.82) is 0 Å². The molecule has 1 aromatic rings. The summed E-state index contributed by atoms with van der Waals surface area (Å²) in [6.45, 7) is 1.61. The second-order valence-corrected chi connectivity index (χ2v) is 3.37. The third-order valence-electron chi connectivity index (χ3n) is 1.92. The molecule has 74 valence electrons. The Labute approximate surface area is 86.5 Å². The van der Waals surface area contributed by atoms with E-state index in [4.69, 9.17) is 0 Å². The van der Waals surface area contributed by atoms with Crippen LogP contribution in [0.1, 0.15) is 18.4 Å². The van der Waals surface area contributed by atoms with Gasteiger partial charge < -0.3 is 4.79 Å². The van der Waals surface area contributed by atoms with Gasteiger partial charge in [0.25, 0.3) is 5.69 Å². The highest BCUT2D eigenvalue weighted by atomic mass is 32.1. The van der Waals surface area contributed by atoms with E-state index in [1.54, 1.807) is 19.1 Å². The van der Waals surface area contributed by atoms with E-state index in [-0.39, 0.29) is 5.69 Å². The van der Waals surface area contributed by atoms with E-state index in [0.29, 0.717) is 16.7 Å². The SMILES string of the molecule is CC(C=O)c1c(S)cccc1[N+](=O)[O-]. The van der Waals surface area contributed by atoms with Crippen molar-refractivity contribution in [2.24, 2.45) is 0 Å². The Hall–Kier alpha value is -1.36. The third-order valence-corrected chi connectivity index (χ3v) is 2.31. The first-order valence-electron chi connectivity index (χ1n) is 3.99. The van der Waals surface area contributed by atoms with Crippen molar-refractivity contribution in [3.05, 3.63) is 33.9 Å². The molecule has 0 radical (unpaired) electrons. The number of hydrogen-bond acceptors (Lipinski definition) is 4. The van der Waals surface area contributed by atoms with Crippen LogP contribution in [0.15, 0.2) is 23.1 Å². The van der Waals surface area contributed by atoms with Crippen LogP contribution in [-0.4, -0.2) is 11.2 Å². The van der Waals surface area contributed by atoms with Crippen LogP contribution in [0.5, 0.6) is 0 Å². The normalized spacial score (nSPS) is 12.1. The summed E-state index contributed by atoms with van der Waals surface area (Å²) < 4.78 is 0. The molecule has 1 unspecified atom stereocenters. The number of aldehydes is 1. The predicted molar refractivity (Wildman–Crippen MR) is 54.8 cm³/mol. The molecule has 5 heteroatoms. The molecule has 14 heavy (non-hydrogen) atoms. The quantitative estimate of drug-likeness (QED) is 0.361. The number of nitro benzene ring substituents is 1. The number of thiol groups is 1. The molecule has 0 aromatic heterocycles. The van der Waals surface area contributed by atoms with Crippen molar-refractivity contribution in [2.45, 2.75) is 17.7 Å². The fraction of sp³-hybridized carbons (Fsp3) is 0.222. The van der Waals surface area contributed by atoms with Crippen molar-refractivity contribution in [3.8, 4) is 0 Å². The standard InChI is InChI=1S/C9H9NO3S/c1-6(5-11)9-7(10(12)13)3-2-4-8(9)14/h2-6,14H,1H3. The lowest BCUT2D eigenvalue weighted by Gasteiger charge is -2.07. The molecule has 0 heterocycles.